The van der Waals surface area contributed by atoms with Crippen molar-refractivity contribution in [3.05, 3.63) is 77.4 Å². The van der Waals surface area contributed by atoms with Crippen molar-refractivity contribution in [3.63, 3.8) is 0 Å². The van der Waals surface area contributed by atoms with Crippen molar-refractivity contribution >= 4 is 33.5 Å². The van der Waals surface area contributed by atoms with Crippen LogP contribution in [0.4, 0.5) is 11.4 Å². The Bertz CT molecular complexity index is 1250. The summed E-state index contributed by atoms with van der Waals surface area (Å²) in [5.74, 6) is 0.288. The third-order valence-corrected chi connectivity index (χ3v) is 7.44. The van der Waals surface area contributed by atoms with Gasteiger partial charge in [-0.25, -0.2) is 0 Å². The predicted octanol–water partition coefficient (Wildman–Crippen LogP) is 6.75. The fraction of sp³-hybridized carbons (Fsp3) is 0.345. The number of nitrogens with one attached hydrogen (secondary N) is 1. The lowest BCUT2D eigenvalue weighted by atomic mass is 9.68. The molecule has 0 saturated carbocycles. The normalized spacial score (nSPS) is 22.0. The molecule has 32 heavy (non-hydrogen) atoms. The number of carbonyl (C=O) groups is 1. The highest BCUT2D eigenvalue weighted by atomic mass is 16.1. The van der Waals surface area contributed by atoms with Gasteiger partial charge in [-0.05, 0) is 64.8 Å². The molecular weight excluding hydrogens is 392 g/mol. The van der Waals surface area contributed by atoms with Gasteiger partial charge in [-0.3, -0.25) is 4.79 Å². The van der Waals surface area contributed by atoms with Crippen molar-refractivity contribution in [1.82, 2.24) is 0 Å². The molecule has 2 aliphatic heterocycles. The van der Waals surface area contributed by atoms with Crippen LogP contribution in [0.2, 0.25) is 0 Å². The second-order valence-electron chi connectivity index (χ2n) is 10.4. The zero-order valence-electron chi connectivity index (χ0n) is 18.9. The monoisotopic (exact) mass is 422 g/mol. The maximum Gasteiger partial charge on any atom is 0.162 e. The number of hydrogen-bond acceptors (Lipinski definition) is 3. The molecule has 0 radical (unpaired) electrons. The van der Waals surface area contributed by atoms with Crippen LogP contribution in [0.3, 0.4) is 0 Å². The zero-order valence-corrected chi connectivity index (χ0v) is 18.9. The van der Waals surface area contributed by atoms with Crippen molar-refractivity contribution in [2.75, 3.05) is 23.3 Å². The van der Waals surface area contributed by atoms with Crippen molar-refractivity contribution in [2.24, 2.45) is 5.41 Å². The lowest BCUT2D eigenvalue weighted by Crippen LogP contribution is -2.33. The Labute approximate surface area is 190 Å². The van der Waals surface area contributed by atoms with Crippen molar-refractivity contribution in [3.8, 4) is 0 Å². The molecule has 6 rings (SSSR count). The first-order valence-corrected chi connectivity index (χ1v) is 11.9. The van der Waals surface area contributed by atoms with Crippen LogP contribution in [-0.2, 0) is 4.79 Å². The molecule has 0 spiro atoms. The summed E-state index contributed by atoms with van der Waals surface area (Å²) in [4.78, 5) is 16.0. The van der Waals surface area contributed by atoms with Crippen LogP contribution < -0.4 is 10.2 Å². The van der Waals surface area contributed by atoms with Crippen molar-refractivity contribution in [1.29, 1.82) is 0 Å². The molecule has 162 valence electrons. The van der Waals surface area contributed by atoms with Crippen LogP contribution >= 0.6 is 0 Å². The fourth-order valence-electron chi connectivity index (χ4n) is 5.94. The summed E-state index contributed by atoms with van der Waals surface area (Å²) in [7, 11) is 0. The van der Waals surface area contributed by atoms with E-state index < -0.39 is 0 Å². The molecule has 0 unspecified atom stereocenters. The molecular formula is C29H30N2O. The van der Waals surface area contributed by atoms with Crippen LogP contribution in [0.25, 0.3) is 16.3 Å². The minimum Gasteiger partial charge on any atom is -0.373 e. The molecule has 1 saturated heterocycles. The first kappa shape index (κ1) is 19.6. The number of hydrogen-bond donors (Lipinski definition) is 1. The van der Waals surface area contributed by atoms with Gasteiger partial charge in [0.25, 0.3) is 0 Å². The smallest absolute Gasteiger partial charge is 0.162 e. The Hall–Kier alpha value is -3.07. The van der Waals surface area contributed by atoms with Crippen LogP contribution in [0.5, 0.6) is 0 Å². The van der Waals surface area contributed by atoms with Crippen LogP contribution in [-0.4, -0.2) is 18.9 Å². The van der Waals surface area contributed by atoms with Gasteiger partial charge in [0.1, 0.15) is 0 Å². The quantitative estimate of drug-likeness (QED) is 0.496. The highest BCUT2D eigenvalue weighted by Gasteiger charge is 2.40. The fourth-order valence-corrected chi connectivity index (χ4v) is 5.94. The van der Waals surface area contributed by atoms with E-state index in [-0.39, 0.29) is 17.2 Å². The highest BCUT2D eigenvalue weighted by Crippen LogP contribution is 2.52. The summed E-state index contributed by atoms with van der Waals surface area (Å²) >= 11 is 0. The number of rotatable bonds is 2. The second kappa shape index (κ2) is 7.23. The van der Waals surface area contributed by atoms with Gasteiger partial charge in [0.2, 0.25) is 0 Å². The first-order chi connectivity index (χ1) is 15.5. The number of carbonyl (C=O) groups excluding carboxylic acids is 1. The van der Waals surface area contributed by atoms with Crippen molar-refractivity contribution < 1.29 is 4.79 Å². The summed E-state index contributed by atoms with van der Waals surface area (Å²) in [6.07, 6.45) is 4.09. The van der Waals surface area contributed by atoms with Gasteiger partial charge in [0, 0.05) is 42.0 Å². The van der Waals surface area contributed by atoms with Gasteiger partial charge in [-0.2, -0.15) is 0 Å². The molecule has 3 aromatic rings. The molecule has 3 heteroatoms. The number of ketones is 1. The molecule has 3 aromatic carbocycles. The molecule has 1 aliphatic carbocycles. The van der Waals surface area contributed by atoms with E-state index in [4.69, 9.17) is 0 Å². The molecule has 0 bridgehead atoms. The van der Waals surface area contributed by atoms with Crippen LogP contribution in [0.1, 0.15) is 56.7 Å². The Morgan fingerprint density at radius 3 is 2.44 bits per heavy atom. The summed E-state index contributed by atoms with van der Waals surface area (Å²) in [6, 6.07) is 21.7. The minimum atomic E-state index is -0.0881. The first-order valence-electron chi connectivity index (χ1n) is 11.9. The molecule has 0 aromatic heterocycles. The van der Waals surface area contributed by atoms with Crippen LogP contribution in [0, 0.1) is 5.41 Å². The standard InChI is InChI=1S/C29H30N2O/c1-29(2)17-23-26-22-8-4-3-7-19(22)11-14-24(26)30-28(27(23)25(32)18-29)20-9-12-21(13-10-20)31-15-5-6-16-31/h3-4,7-14,28,30H,5-6,15-18H2,1-2H3/t28-/m0/s1. The zero-order chi connectivity index (χ0) is 21.9. The third kappa shape index (κ3) is 3.14. The average Bonchev–Trinajstić information content (AvgIpc) is 3.32. The number of nitrogens with zero attached hydrogens (tertiary/aromatic N) is 1. The summed E-state index contributed by atoms with van der Waals surface area (Å²) in [5.41, 5.74) is 7.02. The Morgan fingerprint density at radius 2 is 1.66 bits per heavy atom. The average molecular weight is 423 g/mol. The molecule has 1 fully saturated rings. The predicted molar refractivity (Wildman–Crippen MR) is 133 cm³/mol. The summed E-state index contributed by atoms with van der Waals surface area (Å²) in [5, 5.41) is 6.22. The van der Waals surface area contributed by atoms with E-state index in [1.165, 1.54) is 46.0 Å². The summed E-state index contributed by atoms with van der Waals surface area (Å²) in [6.45, 7) is 6.73. The molecule has 0 amide bonds. The highest BCUT2D eigenvalue weighted by molar-refractivity contribution is 6.12. The minimum absolute atomic E-state index is 0.0222. The lowest BCUT2D eigenvalue weighted by Gasteiger charge is -2.40. The maximum absolute atomic E-state index is 13.5. The van der Waals surface area contributed by atoms with E-state index >= 15 is 0 Å². The SMILES string of the molecule is CC1(C)CC(=O)C2=C(C1)c1c(ccc3ccccc13)N[C@H]2c1ccc(N2CCCC2)cc1. The number of fused-ring (bicyclic) bond motifs is 4. The van der Waals surface area contributed by atoms with Crippen LogP contribution in [0.15, 0.2) is 66.2 Å². The third-order valence-electron chi connectivity index (χ3n) is 7.44. The Morgan fingerprint density at radius 1 is 0.906 bits per heavy atom. The topological polar surface area (TPSA) is 32.3 Å². The lowest BCUT2D eigenvalue weighted by molar-refractivity contribution is -0.118. The largest absolute Gasteiger partial charge is 0.373 e. The number of anilines is 2. The molecule has 3 aliphatic rings. The van der Waals surface area contributed by atoms with E-state index in [0.29, 0.717) is 6.42 Å². The van der Waals surface area contributed by atoms with E-state index in [1.54, 1.807) is 0 Å². The molecule has 1 atom stereocenters. The number of Topliss-reactive ketones (excluding diaryl/α,β-unsaturated/α-hetero) is 1. The maximum atomic E-state index is 13.5. The Kier molecular flexibility index (Phi) is 4.43. The van der Waals surface area contributed by atoms with E-state index in [1.807, 2.05) is 0 Å². The van der Waals surface area contributed by atoms with Gasteiger partial charge in [0.05, 0.1) is 6.04 Å². The van der Waals surface area contributed by atoms with Crippen molar-refractivity contribution in [2.45, 2.75) is 45.6 Å². The van der Waals surface area contributed by atoms with Gasteiger partial charge in [-0.1, -0.05) is 56.3 Å². The van der Waals surface area contributed by atoms with Gasteiger partial charge >= 0.3 is 0 Å². The van der Waals surface area contributed by atoms with Gasteiger partial charge < -0.3 is 10.2 Å². The molecule has 2 heterocycles. The van der Waals surface area contributed by atoms with E-state index in [9.17, 15) is 4.79 Å². The second-order valence-corrected chi connectivity index (χ2v) is 10.4. The summed E-state index contributed by atoms with van der Waals surface area (Å²) < 4.78 is 0. The molecule has 3 nitrogen and oxygen atoms in total. The molecule has 1 N–H and O–H groups in total. The van der Waals surface area contributed by atoms with Gasteiger partial charge in [-0.15, -0.1) is 0 Å². The Balaban J connectivity index is 1.50. The number of allylic oxidation sites excluding steroid dienone is 1. The van der Waals surface area contributed by atoms with E-state index in [2.05, 4.69) is 84.7 Å². The van der Waals surface area contributed by atoms with Gasteiger partial charge in [0.15, 0.2) is 5.78 Å². The van der Waals surface area contributed by atoms with E-state index in [0.717, 1.165) is 30.8 Å². The number of benzene rings is 3.